The molecule has 2 amide bonds. The Kier molecular flexibility index (Phi) is 8.19. The highest BCUT2D eigenvalue weighted by Gasteiger charge is 2.23. The Balaban J connectivity index is 1.53. The summed E-state index contributed by atoms with van der Waals surface area (Å²) in [5, 5.41) is 7.32. The van der Waals surface area contributed by atoms with E-state index in [1.807, 2.05) is 19.1 Å². The van der Waals surface area contributed by atoms with E-state index in [1.54, 1.807) is 50.5 Å². The first-order valence-corrected chi connectivity index (χ1v) is 13.0. The van der Waals surface area contributed by atoms with Crippen molar-refractivity contribution in [2.75, 3.05) is 19.4 Å². The number of ether oxygens (including phenoxy) is 1. The molecule has 1 N–H and O–H groups in total. The van der Waals surface area contributed by atoms with E-state index in [4.69, 9.17) is 9.26 Å². The molecule has 1 aromatic heterocycles. The number of aromatic nitrogens is 1. The minimum atomic E-state index is -0.257. The molecule has 7 nitrogen and oxygen atoms in total. The fourth-order valence-electron chi connectivity index (χ4n) is 4.62. The van der Waals surface area contributed by atoms with Crippen LogP contribution in [0.2, 0.25) is 0 Å². The van der Waals surface area contributed by atoms with Crippen molar-refractivity contribution in [1.82, 2.24) is 10.1 Å². The molecule has 0 aliphatic heterocycles. The summed E-state index contributed by atoms with van der Waals surface area (Å²) in [6.07, 6.45) is 0. The fraction of sp³-hybridized carbons (Fsp3) is 0.281. The monoisotopic (exact) mass is 525 g/mol. The van der Waals surface area contributed by atoms with Gasteiger partial charge in [-0.15, -0.1) is 0 Å². The summed E-state index contributed by atoms with van der Waals surface area (Å²) in [7, 11) is 3.38. The second-order valence-electron chi connectivity index (χ2n) is 10.3. The van der Waals surface area contributed by atoms with E-state index in [0.717, 1.165) is 39.3 Å². The molecule has 202 valence electrons. The van der Waals surface area contributed by atoms with E-state index in [0.29, 0.717) is 22.6 Å². The first-order valence-electron chi connectivity index (χ1n) is 13.0. The molecule has 0 saturated carbocycles. The van der Waals surface area contributed by atoms with Gasteiger partial charge >= 0.3 is 0 Å². The standard InChI is InChI=1S/C32H35N3O4/c1-19(2)30-27(29(34-39-30)28-20(3)10-8-11-21(28)4)18-38-25-14-15-26(22(5)16-25)31(36)33-24-13-9-12-23(17-24)32(37)35(6)7/h8-17,19H,18H2,1-7H3,(H,33,36). The molecule has 4 rings (SSSR count). The highest BCUT2D eigenvalue weighted by Crippen LogP contribution is 2.34. The summed E-state index contributed by atoms with van der Waals surface area (Å²) in [6.45, 7) is 10.4. The lowest BCUT2D eigenvalue weighted by molar-refractivity contribution is 0.0827. The van der Waals surface area contributed by atoms with Gasteiger partial charge in [0.25, 0.3) is 11.8 Å². The van der Waals surface area contributed by atoms with Crippen LogP contribution in [0.15, 0.2) is 65.2 Å². The summed E-state index contributed by atoms with van der Waals surface area (Å²) in [5.41, 5.74) is 7.40. The molecule has 0 saturated heterocycles. The Morgan fingerprint density at radius 2 is 1.64 bits per heavy atom. The molecule has 0 bridgehead atoms. The van der Waals surface area contributed by atoms with E-state index >= 15 is 0 Å². The van der Waals surface area contributed by atoms with Gasteiger partial charge in [-0.2, -0.15) is 0 Å². The minimum absolute atomic E-state index is 0.127. The molecular weight excluding hydrogens is 490 g/mol. The molecule has 7 heteroatoms. The number of nitrogens with one attached hydrogen (secondary N) is 1. The van der Waals surface area contributed by atoms with Gasteiger partial charge in [0.05, 0.1) is 5.56 Å². The Hall–Kier alpha value is -4.39. The number of benzene rings is 3. The van der Waals surface area contributed by atoms with Gasteiger partial charge < -0.3 is 19.5 Å². The van der Waals surface area contributed by atoms with E-state index in [2.05, 4.69) is 50.3 Å². The van der Waals surface area contributed by atoms with Gasteiger partial charge in [0.2, 0.25) is 0 Å². The largest absolute Gasteiger partial charge is 0.489 e. The van der Waals surface area contributed by atoms with Crippen LogP contribution in [0, 0.1) is 20.8 Å². The van der Waals surface area contributed by atoms with Gasteiger partial charge in [-0.25, -0.2) is 0 Å². The van der Waals surface area contributed by atoms with Crippen molar-refractivity contribution >= 4 is 17.5 Å². The summed E-state index contributed by atoms with van der Waals surface area (Å²) >= 11 is 0. The second kappa shape index (κ2) is 11.6. The number of hydrogen-bond acceptors (Lipinski definition) is 5. The van der Waals surface area contributed by atoms with E-state index in [1.165, 1.54) is 4.90 Å². The maximum absolute atomic E-state index is 13.0. The van der Waals surface area contributed by atoms with Crippen molar-refractivity contribution in [2.24, 2.45) is 0 Å². The van der Waals surface area contributed by atoms with Gasteiger partial charge in [0.1, 0.15) is 23.8 Å². The van der Waals surface area contributed by atoms with Crippen LogP contribution in [0.1, 0.15) is 68.5 Å². The summed E-state index contributed by atoms with van der Waals surface area (Å²) in [5.74, 6) is 1.21. The van der Waals surface area contributed by atoms with Crippen molar-refractivity contribution in [2.45, 2.75) is 47.1 Å². The highest BCUT2D eigenvalue weighted by atomic mass is 16.5. The Morgan fingerprint density at radius 1 is 0.949 bits per heavy atom. The van der Waals surface area contributed by atoms with E-state index in [9.17, 15) is 9.59 Å². The van der Waals surface area contributed by atoms with Gasteiger partial charge in [0.15, 0.2) is 0 Å². The normalized spacial score (nSPS) is 11.0. The highest BCUT2D eigenvalue weighted by molar-refractivity contribution is 6.06. The quantitative estimate of drug-likeness (QED) is 0.270. The number of carbonyl (C=O) groups is 2. The molecule has 0 unspecified atom stereocenters. The minimum Gasteiger partial charge on any atom is -0.489 e. The molecule has 4 aromatic rings. The van der Waals surface area contributed by atoms with Crippen molar-refractivity contribution in [3.05, 3.63) is 99.8 Å². The summed E-state index contributed by atoms with van der Waals surface area (Å²) in [4.78, 5) is 26.8. The summed E-state index contributed by atoms with van der Waals surface area (Å²) in [6, 6.07) is 18.5. The number of rotatable bonds is 8. The fourth-order valence-corrected chi connectivity index (χ4v) is 4.62. The van der Waals surface area contributed by atoms with Gasteiger partial charge in [0, 0.05) is 42.4 Å². The van der Waals surface area contributed by atoms with Crippen LogP contribution >= 0.6 is 0 Å². The maximum Gasteiger partial charge on any atom is 0.255 e. The van der Waals surface area contributed by atoms with Crippen molar-refractivity contribution in [3.63, 3.8) is 0 Å². The van der Waals surface area contributed by atoms with Crippen LogP contribution in [0.25, 0.3) is 11.3 Å². The van der Waals surface area contributed by atoms with Crippen LogP contribution < -0.4 is 10.1 Å². The van der Waals surface area contributed by atoms with Crippen LogP contribution in [-0.2, 0) is 6.61 Å². The van der Waals surface area contributed by atoms with Gasteiger partial charge in [-0.3, -0.25) is 9.59 Å². The Labute approximate surface area is 229 Å². The molecule has 0 fully saturated rings. The van der Waals surface area contributed by atoms with E-state index in [-0.39, 0.29) is 24.3 Å². The molecule has 39 heavy (non-hydrogen) atoms. The molecule has 3 aromatic carbocycles. The lowest BCUT2D eigenvalue weighted by Gasteiger charge is -2.14. The van der Waals surface area contributed by atoms with Gasteiger partial charge in [-0.1, -0.05) is 43.3 Å². The zero-order valence-electron chi connectivity index (χ0n) is 23.6. The van der Waals surface area contributed by atoms with Crippen molar-refractivity contribution in [3.8, 4) is 17.0 Å². The lowest BCUT2D eigenvalue weighted by atomic mass is 9.95. The number of amides is 2. The van der Waals surface area contributed by atoms with Crippen molar-refractivity contribution < 1.29 is 18.8 Å². The third-order valence-electron chi connectivity index (χ3n) is 6.66. The molecule has 1 heterocycles. The number of anilines is 1. The second-order valence-corrected chi connectivity index (χ2v) is 10.3. The molecule has 0 aliphatic carbocycles. The molecule has 0 radical (unpaired) electrons. The number of nitrogens with zero attached hydrogens (tertiary/aromatic N) is 2. The van der Waals surface area contributed by atoms with E-state index < -0.39 is 0 Å². The van der Waals surface area contributed by atoms with Crippen LogP contribution in [0.5, 0.6) is 5.75 Å². The molecule has 0 aliphatic rings. The van der Waals surface area contributed by atoms with Crippen molar-refractivity contribution in [1.29, 1.82) is 0 Å². The maximum atomic E-state index is 13.0. The molecule has 0 atom stereocenters. The number of carbonyl (C=O) groups excluding carboxylic acids is 2. The Morgan fingerprint density at radius 3 is 2.28 bits per heavy atom. The topological polar surface area (TPSA) is 84.7 Å². The zero-order chi connectivity index (χ0) is 28.3. The third-order valence-corrected chi connectivity index (χ3v) is 6.66. The molecular formula is C32H35N3O4. The SMILES string of the molecule is Cc1cc(OCc2c(-c3c(C)cccc3C)noc2C(C)C)ccc1C(=O)Nc1cccc(C(=O)N(C)C)c1. The number of hydrogen-bond donors (Lipinski definition) is 1. The lowest BCUT2D eigenvalue weighted by Crippen LogP contribution is -2.22. The molecule has 0 spiro atoms. The predicted molar refractivity (Wildman–Crippen MR) is 153 cm³/mol. The zero-order valence-corrected chi connectivity index (χ0v) is 23.6. The third kappa shape index (κ3) is 6.03. The summed E-state index contributed by atoms with van der Waals surface area (Å²) < 4.78 is 12.0. The first kappa shape index (κ1) is 27.6. The Bertz CT molecular complexity index is 1500. The average Bonchev–Trinajstić information content (AvgIpc) is 3.30. The number of aryl methyl sites for hydroxylation is 3. The smallest absolute Gasteiger partial charge is 0.255 e. The first-order chi connectivity index (χ1) is 18.6. The van der Waals surface area contributed by atoms with Crippen LogP contribution in [0.3, 0.4) is 0 Å². The predicted octanol–water partition coefficient (Wildman–Crippen LogP) is 6.92. The van der Waals surface area contributed by atoms with Crippen LogP contribution in [-0.4, -0.2) is 36.0 Å². The average molecular weight is 526 g/mol. The van der Waals surface area contributed by atoms with Gasteiger partial charge in [-0.05, 0) is 73.9 Å². The van der Waals surface area contributed by atoms with Crippen LogP contribution in [0.4, 0.5) is 5.69 Å².